The number of nitrogens with one attached hydrogen (secondary N) is 1. The maximum absolute atomic E-state index is 11.5. The molecule has 0 aromatic heterocycles. The van der Waals surface area contributed by atoms with Crippen LogP contribution in [0.2, 0.25) is 0 Å². The van der Waals surface area contributed by atoms with Crippen LogP contribution in [-0.4, -0.2) is 65.7 Å². The Hall–Kier alpha value is -2.58. The Balaban J connectivity index is 1.80. The number of fused-ring (bicyclic) bond motifs is 3. The molecule has 7 nitrogen and oxygen atoms in total. The summed E-state index contributed by atoms with van der Waals surface area (Å²) in [5.74, 6) is 1.69. The van der Waals surface area contributed by atoms with Crippen molar-refractivity contribution >= 4 is 21.4 Å². The molecular formula is C22H27N3O4S. The van der Waals surface area contributed by atoms with Crippen molar-refractivity contribution < 1.29 is 17.9 Å². The van der Waals surface area contributed by atoms with Gasteiger partial charge in [-0.25, -0.2) is 8.42 Å². The Kier molecular flexibility index (Phi) is 5.46. The summed E-state index contributed by atoms with van der Waals surface area (Å²) in [6.07, 6.45) is 2.13. The van der Waals surface area contributed by atoms with Crippen LogP contribution in [-0.2, 0) is 10.0 Å². The van der Waals surface area contributed by atoms with Crippen LogP contribution in [0, 0.1) is 0 Å². The third kappa shape index (κ3) is 4.02. The maximum Gasteiger partial charge on any atom is 0.229 e. The van der Waals surface area contributed by atoms with E-state index in [0.29, 0.717) is 17.4 Å². The van der Waals surface area contributed by atoms with Crippen LogP contribution in [0.1, 0.15) is 29.0 Å². The molecule has 2 aliphatic heterocycles. The highest BCUT2D eigenvalue weighted by molar-refractivity contribution is 7.92. The Morgan fingerprint density at radius 2 is 1.77 bits per heavy atom. The van der Waals surface area contributed by atoms with Gasteiger partial charge in [-0.2, -0.15) is 0 Å². The summed E-state index contributed by atoms with van der Waals surface area (Å²) in [6, 6.07) is 11.6. The highest BCUT2D eigenvalue weighted by atomic mass is 32.2. The van der Waals surface area contributed by atoms with Crippen molar-refractivity contribution in [1.82, 2.24) is 4.90 Å². The Labute approximate surface area is 177 Å². The molecule has 8 heteroatoms. The van der Waals surface area contributed by atoms with Gasteiger partial charge >= 0.3 is 0 Å². The van der Waals surface area contributed by atoms with Crippen LogP contribution >= 0.6 is 0 Å². The highest BCUT2D eigenvalue weighted by Gasteiger charge is 2.36. The second-order valence-electron chi connectivity index (χ2n) is 7.95. The van der Waals surface area contributed by atoms with E-state index in [1.807, 2.05) is 18.2 Å². The minimum absolute atomic E-state index is 0.204. The summed E-state index contributed by atoms with van der Waals surface area (Å²) < 4.78 is 36.6. The molecule has 0 saturated carbocycles. The molecule has 2 aliphatic rings. The van der Waals surface area contributed by atoms with Gasteiger partial charge in [0.25, 0.3) is 0 Å². The van der Waals surface area contributed by atoms with Gasteiger partial charge in [-0.1, -0.05) is 12.1 Å². The summed E-state index contributed by atoms with van der Waals surface area (Å²) in [5, 5.41) is 0. The van der Waals surface area contributed by atoms with Crippen molar-refractivity contribution in [2.45, 2.75) is 18.4 Å². The lowest BCUT2D eigenvalue weighted by Crippen LogP contribution is -2.41. The molecule has 30 heavy (non-hydrogen) atoms. The number of methoxy groups -OCH3 is 2. The predicted molar refractivity (Wildman–Crippen MR) is 119 cm³/mol. The zero-order valence-corrected chi connectivity index (χ0v) is 18.5. The van der Waals surface area contributed by atoms with Gasteiger partial charge in [0.15, 0.2) is 11.5 Å². The normalized spacial score (nSPS) is 21.3. The largest absolute Gasteiger partial charge is 0.493 e. The van der Waals surface area contributed by atoms with Crippen LogP contribution in [0.25, 0.3) is 0 Å². The van der Waals surface area contributed by atoms with E-state index >= 15 is 0 Å². The molecule has 160 valence electrons. The third-order valence-corrected chi connectivity index (χ3v) is 6.35. The standard InChI is InChI=1S/C22H27N3O4S/c1-25-10-9-19-18(13-25)16-11-20(28-2)21(29-3)12-17(16)22(23-19)14-5-7-15(8-6-14)24-30(4,26)27/h5-8,11-12,18-19,24H,9-10,13H2,1-4H3/t18-,19-/m1/s1. The number of rotatable bonds is 5. The number of piperidine rings is 1. The number of hydrogen-bond donors (Lipinski definition) is 1. The number of likely N-dealkylation sites (N-methyl/N-ethyl adjacent to an activating group) is 1. The first-order valence-electron chi connectivity index (χ1n) is 9.90. The van der Waals surface area contributed by atoms with Gasteiger partial charge < -0.3 is 14.4 Å². The zero-order chi connectivity index (χ0) is 21.5. The molecular weight excluding hydrogens is 402 g/mol. The molecule has 0 spiro atoms. The fourth-order valence-corrected chi connectivity index (χ4v) is 4.91. The second kappa shape index (κ2) is 7.92. The predicted octanol–water partition coefficient (Wildman–Crippen LogP) is 2.71. The van der Waals surface area contributed by atoms with Gasteiger partial charge in [0.2, 0.25) is 10.0 Å². The number of aliphatic imine (C=N–C) groups is 1. The smallest absolute Gasteiger partial charge is 0.229 e. The fourth-order valence-electron chi connectivity index (χ4n) is 4.34. The molecule has 0 amide bonds. The number of likely N-dealkylation sites (tertiary alicyclic amines) is 1. The summed E-state index contributed by atoms with van der Waals surface area (Å²) in [6.45, 7) is 1.96. The van der Waals surface area contributed by atoms with Crippen LogP contribution in [0.4, 0.5) is 5.69 Å². The number of anilines is 1. The van der Waals surface area contributed by atoms with Gasteiger partial charge in [0.1, 0.15) is 0 Å². The monoisotopic (exact) mass is 429 g/mol. The lowest BCUT2D eigenvalue weighted by molar-refractivity contribution is 0.227. The molecule has 1 N–H and O–H groups in total. The minimum Gasteiger partial charge on any atom is -0.493 e. The van der Waals surface area contributed by atoms with E-state index in [2.05, 4.69) is 22.7 Å². The fraction of sp³-hybridized carbons (Fsp3) is 0.409. The van der Waals surface area contributed by atoms with Crippen LogP contribution in [0.15, 0.2) is 41.4 Å². The highest BCUT2D eigenvalue weighted by Crippen LogP contribution is 2.42. The quantitative estimate of drug-likeness (QED) is 0.791. The summed E-state index contributed by atoms with van der Waals surface area (Å²) in [7, 11) is 2.11. The number of benzene rings is 2. The molecule has 2 aromatic carbocycles. The van der Waals surface area contributed by atoms with Gasteiger partial charge in [-0.3, -0.25) is 9.71 Å². The lowest BCUT2D eigenvalue weighted by atomic mass is 9.79. The first-order chi connectivity index (χ1) is 14.3. The van der Waals surface area contributed by atoms with Crippen molar-refractivity contribution in [3.05, 3.63) is 53.1 Å². The molecule has 2 aromatic rings. The molecule has 2 heterocycles. The van der Waals surface area contributed by atoms with Crippen molar-refractivity contribution in [2.24, 2.45) is 4.99 Å². The van der Waals surface area contributed by atoms with Gasteiger partial charge in [-0.15, -0.1) is 0 Å². The van der Waals surface area contributed by atoms with Gasteiger partial charge in [0.05, 0.1) is 32.2 Å². The van der Waals surface area contributed by atoms with Crippen molar-refractivity contribution in [1.29, 1.82) is 0 Å². The Morgan fingerprint density at radius 1 is 1.10 bits per heavy atom. The van der Waals surface area contributed by atoms with E-state index < -0.39 is 10.0 Å². The molecule has 0 aliphatic carbocycles. The molecule has 0 radical (unpaired) electrons. The van der Waals surface area contributed by atoms with Crippen LogP contribution in [0.3, 0.4) is 0 Å². The topological polar surface area (TPSA) is 80.2 Å². The van der Waals surface area contributed by atoms with E-state index in [9.17, 15) is 8.42 Å². The first-order valence-corrected chi connectivity index (χ1v) is 11.8. The average Bonchev–Trinajstić information content (AvgIpc) is 2.71. The maximum atomic E-state index is 11.5. The summed E-state index contributed by atoms with van der Waals surface area (Å²) in [5.41, 5.74) is 4.63. The van der Waals surface area contributed by atoms with E-state index in [1.54, 1.807) is 26.4 Å². The van der Waals surface area contributed by atoms with Crippen LogP contribution in [0.5, 0.6) is 11.5 Å². The Bertz CT molecular complexity index is 1080. The van der Waals surface area contributed by atoms with Crippen molar-refractivity contribution in [2.75, 3.05) is 45.3 Å². The van der Waals surface area contributed by atoms with Crippen molar-refractivity contribution in [3.63, 3.8) is 0 Å². The van der Waals surface area contributed by atoms with Gasteiger partial charge in [-0.05, 0) is 49.8 Å². The average molecular weight is 430 g/mol. The summed E-state index contributed by atoms with van der Waals surface area (Å²) in [4.78, 5) is 7.48. The minimum atomic E-state index is -3.32. The van der Waals surface area contributed by atoms with Crippen molar-refractivity contribution in [3.8, 4) is 11.5 Å². The molecule has 1 fully saturated rings. The number of ether oxygens (including phenoxy) is 2. The second-order valence-corrected chi connectivity index (χ2v) is 9.70. The molecule has 2 atom stereocenters. The SMILES string of the molecule is COc1cc2c(cc1OC)[C@H]1CN(C)CC[C@H]1N=C2c1ccc(NS(C)(=O)=O)cc1. The van der Waals surface area contributed by atoms with Crippen LogP contribution < -0.4 is 14.2 Å². The van der Waals surface area contributed by atoms with E-state index in [-0.39, 0.29) is 6.04 Å². The molecule has 4 rings (SSSR count). The zero-order valence-electron chi connectivity index (χ0n) is 17.7. The third-order valence-electron chi connectivity index (χ3n) is 5.75. The lowest BCUT2D eigenvalue weighted by Gasteiger charge is -2.39. The van der Waals surface area contributed by atoms with Gasteiger partial charge in [0, 0.05) is 29.3 Å². The van der Waals surface area contributed by atoms with E-state index in [0.717, 1.165) is 48.4 Å². The molecule has 0 unspecified atom stereocenters. The number of nitrogens with zero attached hydrogens (tertiary/aromatic N) is 2. The Morgan fingerprint density at radius 3 is 2.40 bits per heavy atom. The van der Waals surface area contributed by atoms with E-state index in [4.69, 9.17) is 14.5 Å². The molecule has 1 saturated heterocycles. The summed E-state index contributed by atoms with van der Waals surface area (Å²) >= 11 is 0. The number of hydrogen-bond acceptors (Lipinski definition) is 6. The number of sulfonamides is 1. The van der Waals surface area contributed by atoms with E-state index in [1.165, 1.54) is 5.56 Å². The first kappa shape index (κ1) is 20.7. The molecule has 0 bridgehead atoms.